The van der Waals surface area contributed by atoms with Crippen LogP contribution in [0.4, 0.5) is 0 Å². The van der Waals surface area contributed by atoms with Crippen LogP contribution in [0.3, 0.4) is 0 Å². The maximum atomic E-state index is 5.13. The Labute approximate surface area is 672 Å². The van der Waals surface area contributed by atoms with Crippen LogP contribution in [0, 0.1) is 0 Å². The van der Waals surface area contributed by atoms with Gasteiger partial charge in [0.2, 0.25) is 0 Å². The van der Waals surface area contributed by atoms with E-state index in [1.54, 1.807) is 0 Å². The lowest BCUT2D eigenvalue weighted by Crippen LogP contribution is -2.01. The third-order valence-electron chi connectivity index (χ3n) is 23.9. The van der Waals surface area contributed by atoms with Crippen molar-refractivity contribution in [3.63, 3.8) is 0 Å². The van der Waals surface area contributed by atoms with Gasteiger partial charge in [0, 0.05) is 106 Å². The van der Waals surface area contributed by atoms with Gasteiger partial charge in [-0.2, -0.15) is 0 Å². The van der Waals surface area contributed by atoms with E-state index >= 15 is 0 Å². The van der Waals surface area contributed by atoms with Crippen LogP contribution >= 0.6 is 22.7 Å². The molecule has 18 aromatic carbocycles. The summed E-state index contributed by atoms with van der Waals surface area (Å²) in [5, 5.41) is 20.2. The quantitative estimate of drug-likeness (QED) is 0.151. The average molecular weight is 1510 g/mol. The van der Waals surface area contributed by atoms with Crippen LogP contribution in [0.5, 0.6) is 0 Å². The van der Waals surface area contributed by atoms with Crippen molar-refractivity contribution in [3.8, 4) is 124 Å². The molecule has 0 saturated carbocycles. The minimum Gasteiger partial charge on any atom is -0.309 e. The summed E-state index contributed by atoms with van der Waals surface area (Å²) in [5.41, 5.74) is 23.0. The maximum Gasteiger partial charge on any atom is 0.164 e. The zero-order valence-corrected chi connectivity index (χ0v) is 63.7. The van der Waals surface area contributed by atoms with Gasteiger partial charge in [-0.1, -0.05) is 261 Å². The molecule has 0 amide bonds. The third kappa shape index (κ3) is 9.84. The molecule has 10 heteroatoms. The van der Waals surface area contributed by atoms with Crippen molar-refractivity contribution in [2.24, 2.45) is 0 Å². The second-order valence-electron chi connectivity index (χ2n) is 30.3. The standard InChI is InChI=1S/2C53H30N4S/c1-3-13-32(14-4-1)51-54-52(33-15-5-2-6-16-33)56-53(55-51)39-26-28-43(35-19-8-7-18-34(35)39)57-44-23-12-22-38-41-30-47-42(36-20-9-10-24-46(36)58-47)29-40(41)37-21-11-17-31-25-27-45(57)50(48(31)37)49(38)44;1-2-11-33(12-3-1)51-54-52(56-53(55-51)36-21-20-31-10-4-5-13-35(31)28-36)34-22-25-37(26-23-34)57-44-18-9-17-40-42-30-47-43(38-15-6-7-19-46(38)58-47)29-41(42)39-16-8-14-32-24-27-45(57)50(48(32)39)49(40)44/h2*1-30H. The molecule has 0 atom stereocenters. The summed E-state index contributed by atoms with van der Waals surface area (Å²) in [6, 6.07) is 131. The molecule has 0 spiro atoms. The number of rotatable bonds is 8. The van der Waals surface area contributed by atoms with E-state index in [-0.39, 0.29) is 0 Å². The number of thiophene rings is 2. The summed E-state index contributed by atoms with van der Waals surface area (Å²) < 4.78 is 10.2. The molecule has 0 bridgehead atoms. The molecule has 24 aromatic rings. The topological polar surface area (TPSA) is 87.2 Å². The Morgan fingerprint density at radius 1 is 0.181 bits per heavy atom. The van der Waals surface area contributed by atoms with Crippen LogP contribution < -0.4 is 0 Å². The van der Waals surface area contributed by atoms with Gasteiger partial charge in [-0.05, 0) is 185 Å². The highest BCUT2D eigenvalue weighted by Gasteiger charge is 2.30. The molecule has 0 saturated heterocycles. The molecular formula is C106H60N8S2. The van der Waals surface area contributed by atoms with Crippen molar-refractivity contribution in [1.82, 2.24) is 39.0 Å². The largest absolute Gasteiger partial charge is 0.309 e. The highest BCUT2D eigenvalue weighted by atomic mass is 32.1. The smallest absolute Gasteiger partial charge is 0.164 e. The fourth-order valence-electron chi connectivity index (χ4n) is 18.8. The molecule has 536 valence electrons. The van der Waals surface area contributed by atoms with Gasteiger partial charge in [-0.25, -0.2) is 29.9 Å². The lowest BCUT2D eigenvalue weighted by molar-refractivity contribution is 1.07. The van der Waals surface area contributed by atoms with Crippen LogP contribution in [0.15, 0.2) is 364 Å². The number of nitrogens with zero attached hydrogens (tertiary/aromatic N) is 8. The molecule has 8 nitrogen and oxygen atoms in total. The molecule has 26 rings (SSSR count). The third-order valence-corrected chi connectivity index (χ3v) is 26.2. The average Bonchev–Trinajstić information content (AvgIpc) is 1.54. The molecule has 2 aliphatic carbocycles. The molecule has 6 heterocycles. The fourth-order valence-corrected chi connectivity index (χ4v) is 21.0. The van der Waals surface area contributed by atoms with E-state index in [0.717, 1.165) is 60.9 Å². The highest BCUT2D eigenvalue weighted by molar-refractivity contribution is 7.26. The van der Waals surface area contributed by atoms with E-state index in [4.69, 9.17) is 29.9 Å². The van der Waals surface area contributed by atoms with E-state index in [1.807, 2.05) is 77.3 Å². The van der Waals surface area contributed by atoms with Crippen molar-refractivity contribution in [2.45, 2.75) is 0 Å². The Kier molecular flexibility index (Phi) is 14.1. The summed E-state index contributed by atoms with van der Waals surface area (Å²) in [4.78, 5) is 30.4. The minimum atomic E-state index is 0.641. The lowest BCUT2D eigenvalue weighted by Gasteiger charge is -2.17. The molecule has 0 aliphatic heterocycles. The maximum absolute atomic E-state index is 5.13. The molecule has 6 aromatic heterocycles. The second kappa shape index (κ2) is 25.3. The normalized spacial score (nSPS) is 12.1. The van der Waals surface area contributed by atoms with Gasteiger partial charge >= 0.3 is 0 Å². The predicted octanol–water partition coefficient (Wildman–Crippen LogP) is 28.6. The van der Waals surface area contributed by atoms with Crippen molar-refractivity contribution < 1.29 is 0 Å². The summed E-state index contributed by atoms with van der Waals surface area (Å²) in [6.45, 7) is 0. The van der Waals surface area contributed by atoms with E-state index in [9.17, 15) is 0 Å². The van der Waals surface area contributed by atoms with Gasteiger partial charge in [0.1, 0.15) is 0 Å². The van der Waals surface area contributed by atoms with Crippen molar-refractivity contribution in [1.29, 1.82) is 0 Å². The Bertz CT molecular complexity index is 8270. The first kappa shape index (κ1) is 64.7. The second-order valence-corrected chi connectivity index (χ2v) is 32.4. The summed E-state index contributed by atoms with van der Waals surface area (Å²) in [6.07, 6.45) is 0. The zero-order valence-electron chi connectivity index (χ0n) is 62.0. The van der Waals surface area contributed by atoms with Crippen molar-refractivity contribution in [2.75, 3.05) is 0 Å². The van der Waals surface area contributed by atoms with Crippen LogP contribution in [0.25, 0.3) is 251 Å². The van der Waals surface area contributed by atoms with E-state index in [0.29, 0.717) is 34.9 Å². The molecule has 0 radical (unpaired) electrons. The molecule has 0 fully saturated rings. The minimum absolute atomic E-state index is 0.641. The van der Waals surface area contributed by atoms with Crippen LogP contribution in [-0.2, 0) is 0 Å². The van der Waals surface area contributed by atoms with Gasteiger partial charge in [0.15, 0.2) is 34.9 Å². The van der Waals surface area contributed by atoms with Gasteiger partial charge < -0.3 is 9.13 Å². The Balaban J connectivity index is 0.000000130. The number of hydrogen-bond acceptors (Lipinski definition) is 8. The number of fused-ring (bicyclic) bond motifs is 14. The lowest BCUT2D eigenvalue weighted by atomic mass is 9.92. The van der Waals surface area contributed by atoms with Gasteiger partial charge in [0.05, 0.1) is 27.8 Å². The molecule has 0 unspecified atom stereocenters. The molecule has 2 aliphatic rings. The SMILES string of the molecule is c1ccc(-c2nc(-c3ccc(-n4c5cccc6c5c5c7c(cccc7ccc54)-c4cc5c(cc4-6)sc4ccccc45)cc3)nc(-c3ccc4ccccc4c3)n2)cc1.c1ccc(-c2nc(-c3ccccc3)nc(-c3ccc(-n4c5cccc6c5c5c7c(cccc7ccc54)-c4cc5c(cc4-6)sc4ccccc45)c4ccccc34)n2)cc1. The number of aromatic nitrogens is 8. The Hall–Kier alpha value is -14.9. The van der Waals surface area contributed by atoms with Crippen LogP contribution in [0.1, 0.15) is 0 Å². The van der Waals surface area contributed by atoms with Crippen LogP contribution in [-0.4, -0.2) is 39.0 Å². The first-order chi connectivity index (χ1) is 57.5. The first-order valence-electron chi connectivity index (χ1n) is 39.2. The van der Waals surface area contributed by atoms with Gasteiger partial charge in [-0.15, -0.1) is 22.7 Å². The van der Waals surface area contributed by atoms with Gasteiger partial charge in [0.25, 0.3) is 0 Å². The van der Waals surface area contributed by atoms with Gasteiger partial charge in [-0.3, -0.25) is 0 Å². The highest BCUT2D eigenvalue weighted by Crippen LogP contribution is 2.55. The number of hydrogen-bond donors (Lipinski definition) is 0. The van der Waals surface area contributed by atoms with E-state index < -0.39 is 0 Å². The van der Waals surface area contributed by atoms with E-state index in [1.165, 1.54) is 155 Å². The first-order valence-corrected chi connectivity index (χ1v) is 40.8. The monoisotopic (exact) mass is 1510 g/mol. The fraction of sp³-hybridized carbons (Fsp3) is 0. The molecular weight excluding hydrogens is 1450 g/mol. The number of benzene rings is 18. The Morgan fingerprint density at radius 3 is 1.09 bits per heavy atom. The zero-order chi connectivity index (χ0) is 75.8. The summed E-state index contributed by atoms with van der Waals surface area (Å²) in [7, 11) is 0. The molecule has 116 heavy (non-hydrogen) atoms. The molecule has 0 N–H and O–H groups in total. The van der Waals surface area contributed by atoms with Crippen molar-refractivity contribution in [3.05, 3.63) is 364 Å². The van der Waals surface area contributed by atoms with Crippen LogP contribution in [0.2, 0.25) is 0 Å². The Morgan fingerprint density at radius 2 is 0.560 bits per heavy atom. The van der Waals surface area contributed by atoms with Crippen molar-refractivity contribution >= 4 is 150 Å². The van der Waals surface area contributed by atoms with E-state index in [2.05, 4.69) is 319 Å². The predicted molar refractivity (Wildman–Crippen MR) is 486 cm³/mol. The summed E-state index contributed by atoms with van der Waals surface area (Å²) in [5.74, 6) is 3.89. The summed E-state index contributed by atoms with van der Waals surface area (Å²) >= 11 is 3.76.